The van der Waals surface area contributed by atoms with Crippen molar-refractivity contribution in [1.29, 1.82) is 0 Å². The van der Waals surface area contributed by atoms with Crippen LogP contribution < -0.4 is 22.2 Å². The van der Waals surface area contributed by atoms with Crippen molar-refractivity contribution in [1.82, 2.24) is 0 Å². The molecule has 126 valence electrons. The summed E-state index contributed by atoms with van der Waals surface area (Å²) in [5.41, 5.74) is 3.15. The third kappa shape index (κ3) is 2.97. The quantitative estimate of drug-likeness (QED) is 0.862. The third-order valence-corrected chi connectivity index (χ3v) is 4.60. The molecule has 1 unspecified atom stereocenters. The highest BCUT2D eigenvalue weighted by Gasteiger charge is 2.34. The molecule has 2 aromatic rings. The SMILES string of the molecule is OC(CN1C2=NCCCN2c2ccccc21)c1ccc(Cl)cc1.[Cl-]. The largest absolute Gasteiger partial charge is 1.00 e. The zero-order valence-corrected chi connectivity index (χ0v) is 14.6. The Balaban J connectivity index is 0.00000169. The molecule has 0 bridgehead atoms. The van der Waals surface area contributed by atoms with E-state index < -0.39 is 6.10 Å². The molecule has 2 aliphatic rings. The molecule has 0 saturated heterocycles. The number of hydrogen-bond donors (Lipinski definition) is 1. The van der Waals surface area contributed by atoms with Gasteiger partial charge in [-0.1, -0.05) is 35.9 Å². The van der Waals surface area contributed by atoms with Crippen molar-refractivity contribution in [2.45, 2.75) is 12.5 Å². The highest BCUT2D eigenvalue weighted by Crippen LogP contribution is 2.39. The number of aliphatic hydroxyl groups is 1. The Morgan fingerprint density at radius 3 is 2.54 bits per heavy atom. The van der Waals surface area contributed by atoms with Gasteiger partial charge in [0.15, 0.2) is 0 Å². The van der Waals surface area contributed by atoms with Gasteiger partial charge < -0.3 is 27.3 Å². The number of fused-ring (bicyclic) bond motifs is 3. The fourth-order valence-electron chi connectivity index (χ4n) is 3.22. The van der Waals surface area contributed by atoms with E-state index in [2.05, 4.69) is 26.9 Å². The second kappa shape index (κ2) is 7.01. The molecule has 2 aliphatic heterocycles. The molecular formula is C18H18Cl2N3O-. The summed E-state index contributed by atoms with van der Waals surface area (Å²) in [4.78, 5) is 9.05. The minimum Gasteiger partial charge on any atom is -1.00 e. The highest BCUT2D eigenvalue weighted by atomic mass is 35.5. The predicted octanol–water partition coefficient (Wildman–Crippen LogP) is 0.464. The van der Waals surface area contributed by atoms with Crippen molar-refractivity contribution in [3.8, 4) is 0 Å². The molecule has 2 heterocycles. The van der Waals surface area contributed by atoms with E-state index in [1.54, 1.807) is 0 Å². The Labute approximate surface area is 152 Å². The molecule has 0 aromatic heterocycles. The number of β-amino-alcohol motifs (C(OH)–C–C–N with tert-alkyl or cyclic N) is 1. The summed E-state index contributed by atoms with van der Waals surface area (Å²) < 4.78 is 0. The Morgan fingerprint density at radius 2 is 1.79 bits per heavy atom. The van der Waals surface area contributed by atoms with Gasteiger partial charge in [-0.25, -0.2) is 0 Å². The molecule has 2 aromatic carbocycles. The lowest BCUT2D eigenvalue weighted by Crippen LogP contribution is -3.00. The standard InChI is InChI=1S/C18H18ClN3O.ClH/c19-14-8-6-13(7-9-14)17(23)12-22-16-5-2-1-4-15(16)21-11-3-10-20-18(21)22;/h1-2,4-9,17,23H,3,10-12H2;1H/p-1. The molecule has 6 heteroatoms. The van der Waals surface area contributed by atoms with Gasteiger partial charge in [0.2, 0.25) is 5.96 Å². The van der Waals surface area contributed by atoms with E-state index in [0.29, 0.717) is 11.6 Å². The van der Waals surface area contributed by atoms with Crippen LogP contribution in [-0.2, 0) is 0 Å². The molecule has 0 fully saturated rings. The van der Waals surface area contributed by atoms with Crippen molar-refractivity contribution < 1.29 is 17.5 Å². The number of anilines is 2. The number of aliphatic hydroxyl groups excluding tert-OH is 1. The first-order chi connectivity index (χ1) is 11.2. The van der Waals surface area contributed by atoms with Crippen molar-refractivity contribution in [2.75, 3.05) is 29.4 Å². The number of halogens is 2. The van der Waals surface area contributed by atoms with Gasteiger partial charge in [-0.05, 0) is 36.2 Å². The molecule has 0 radical (unpaired) electrons. The Kier molecular flexibility index (Phi) is 4.99. The maximum absolute atomic E-state index is 10.6. The maximum atomic E-state index is 10.6. The summed E-state index contributed by atoms with van der Waals surface area (Å²) in [7, 11) is 0. The van der Waals surface area contributed by atoms with Gasteiger partial charge in [0, 0.05) is 18.1 Å². The number of nitrogens with zero attached hydrogens (tertiary/aromatic N) is 3. The second-order valence-corrected chi connectivity index (χ2v) is 6.29. The fourth-order valence-corrected chi connectivity index (χ4v) is 3.35. The number of rotatable bonds is 3. The lowest BCUT2D eigenvalue weighted by molar-refractivity contribution is -0.00000609. The summed E-state index contributed by atoms with van der Waals surface area (Å²) in [6.45, 7) is 2.30. The van der Waals surface area contributed by atoms with Gasteiger partial charge in [-0.15, -0.1) is 0 Å². The number of aliphatic imine (C=N–C) groups is 1. The van der Waals surface area contributed by atoms with Crippen LogP contribution in [0, 0.1) is 0 Å². The highest BCUT2D eigenvalue weighted by molar-refractivity contribution is 6.30. The van der Waals surface area contributed by atoms with Gasteiger partial charge in [0.1, 0.15) is 0 Å². The normalized spacial score (nSPS) is 16.8. The van der Waals surface area contributed by atoms with Gasteiger partial charge in [0.25, 0.3) is 0 Å². The minimum absolute atomic E-state index is 0. The molecule has 4 nitrogen and oxygen atoms in total. The lowest BCUT2D eigenvalue weighted by atomic mass is 10.1. The summed E-state index contributed by atoms with van der Waals surface area (Å²) in [5.74, 6) is 0.950. The molecule has 1 N–H and O–H groups in total. The molecule has 0 amide bonds. The van der Waals surface area contributed by atoms with E-state index in [0.717, 1.165) is 36.7 Å². The average molecular weight is 363 g/mol. The molecule has 0 spiro atoms. The number of hydrogen-bond acceptors (Lipinski definition) is 4. The Bertz CT molecular complexity index is 748. The predicted molar refractivity (Wildman–Crippen MR) is 94.5 cm³/mol. The van der Waals surface area contributed by atoms with E-state index in [9.17, 15) is 5.11 Å². The maximum Gasteiger partial charge on any atom is 0.205 e. The van der Waals surface area contributed by atoms with E-state index in [1.165, 1.54) is 5.69 Å². The molecular weight excluding hydrogens is 345 g/mol. The van der Waals surface area contributed by atoms with Crippen molar-refractivity contribution in [2.24, 2.45) is 4.99 Å². The summed E-state index contributed by atoms with van der Waals surface area (Å²) in [6, 6.07) is 15.6. The van der Waals surface area contributed by atoms with Crippen LogP contribution in [0.5, 0.6) is 0 Å². The van der Waals surface area contributed by atoms with Crippen LogP contribution in [-0.4, -0.2) is 30.7 Å². The van der Waals surface area contributed by atoms with Gasteiger partial charge in [-0.2, -0.15) is 0 Å². The van der Waals surface area contributed by atoms with E-state index in [-0.39, 0.29) is 12.4 Å². The van der Waals surface area contributed by atoms with E-state index >= 15 is 0 Å². The first-order valence-electron chi connectivity index (χ1n) is 7.86. The summed E-state index contributed by atoms with van der Waals surface area (Å²) >= 11 is 5.93. The molecule has 0 saturated carbocycles. The average Bonchev–Trinajstić information content (AvgIpc) is 2.90. The van der Waals surface area contributed by atoms with Crippen molar-refractivity contribution >= 4 is 28.9 Å². The van der Waals surface area contributed by atoms with Crippen molar-refractivity contribution in [3.63, 3.8) is 0 Å². The number of para-hydroxylation sites is 2. The molecule has 4 rings (SSSR count). The summed E-state index contributed by atoms with van der Waals surface area (Å²) in [6.07, 6.45) is 0.468. The van der Waals surface area contributed by atoms with Crippen molar-refractivity contribution in [3.05, 3.63) is 59.1 Å². The first kappa shape index (κ1) is 17.1. The van der Waals surface area contributed by atoms with Gasteiger partial charge in [0.05, 0.1) is 24.0 Å². The second-order valence-electron chi connectivity index (χ2n) is 5.85. The van der Waals surface area contributed by atoms with Gasteiger partial charge >= 0.3 is 0 Å². The zero-order valence-electron chi connectivity index (χ0n) is 13.1. The van der Waals surface area contributed by atoms with Crippen LogP contribution in [0.4, 0.5) is 11.4 Å². The van der Waals surface area contributed by atoms with Crippen LogP contribution in [0.25, 0.3) is 0 Å². The van der Waals surface area contributed by atoms with E-state index in [4.69, 9.17) is 11.6 Å². The molecule has 1 atom stereocenters. The summed E-state index contributed by atoms with van der Waals surface area (Å²) in [5, 5.41) is 11.3. The van der Waals surface area contributed by atoms with Crippen LogP contribution in [0.15, 0.2) is 53.5 Å². The Hall–Kier alpha value is -1.75. The van der Waals surface area contributed by atoms with Gasteiger partial charge in [-0.3, -0.25) is 4.99 Å². The number of benzene rings is 2. The van der Waals surface area contributed by atoms with Crippen LogP contribution in [0.1, 0.15) is 18.1 Å². The molecule has 24 heavy (non-hydrogen) atoms. The lowest BCUT2D eigenvalue weighted by Gasteiger charge is -2.28. The van der Waals surface area contributed by atoms with E-state index in [1.807, 2.05) is 36.4 Å². The Morgan fingerprint density at radius 1 is 1.08 bits per heavy atom. The van der Waals surface area contributed by atoms with Crippen LogP contribution >= 0.6 is 11.6 Å². The molecule has 0 aliphatic carbocycles. The smallest absolute Gasteiger partial charge is 0.205 e. The monoisotopic (exact) mass is 362 g/mol. The van der Waals surface area contributed by atoms with Crippen LogP contribution in [0.3, 0.4) is 0 Å². The minimum atomic E-state index is -0.593. The topological polar surface area (TPSA) is 39.1 Å². The third-order valence-electron chi connectivity index (χ3n) is 4.35. The van der Waals surface area contributed by atoms with Crippen LogP contribution in [0.2, 0.25) is 5.02 Å². The first-order valence-corrected chi connectivity index (χ1v) is 8.24. The zero-order chi connectivity index (χ0) is 15.8. The number of guanidine groups is 1. The fraction of sp³-hybridized carbons (Fsp3) is 0.278.